The van der Waals surface area contributed by atoms with Crippen LogP contribution in [0.25, 0.3) is 0 Å². The van der Waals surface area contributed by atoms with E-state index < -0.39 is 0 Å². The van der Waals surface area contributed by atoms with E-state index in [-0.39, 0.29) is 5.78 Å². The van der Waals surface area contributed by atoms with Crippen LogP contribution in [-0.2, 0) is 12.8 Å². The van der Waals surface area contributed by atoms with Crippen LogP contribution in [0, 0.1) is 0 Å². The van der Waals surface area contributed by atoms with E-state index in [1.807, 2.05) is 6.07 Å². The van der Waals surface area contributed by atoms with Crippen molar-refractivity contribution >= 4 is 5.78 Å². The Morgan fingerprint density at radius 3 is 2.61 bits per heavy atom. The van der Waals surface area contributed by atoms with Crippen molar-refractivity contribution in [3.8, 4) is 11.5 Å². The summed E-state index contributed by atoms with van der Waals surface area (Å²) in [7, 11) is 5.03. The first kappa shape index (κ1) is 12.9. The normalized spacial score (nSPS) is 13.3. The van der Waals surface area contributed by atoms with Crippen molar-refractivity contribution in [2.75, 3.05) is 27.8 Å². The number of benzene rings is 1. The van der Waals surface area contributed by atoms with Gasteiger partial charge in [-0.05, 0) is 32.4 Å². The predicted octanol–water partition coefficient (Wildman–Crippen LogP) is 1.59. The number of hydrogen-bond acceptors (Lipinski definition) is 4. The number of hydrogen-bond donors (Lipinski definition) is 1. The molecule has 0 bridgehead atoms. The number of carbonyl (C=O) groups excluding carboxylic acids is 1. The Kier molecular flexibility index (Phi) is 3.87. The number of rotatable bonds is 5. The van der Waals surface area contributed by atoms with Crippen LogP contribution in [-0.4, -0.2) is 33.6 Å². The maximum atomic E-state index is 12.1. The SMILES string of the molecule is CNCC(=O)c1cc(OC)c2c(c1OC)CCC2. The summed E-state index contributed by atoms with van der Waals surface area (Å²) < 4.78 is 10.8. The molecule has 0 heterocycles. The summed E-state index contributed by atoms with van der Waals surface area (Å²) in [5.74, 6) is 1.56. The summed E-state index contributed by atoms with van der Waals surface area (Å²) >= 11 is 0. The minimum Gasteiger partial charge on any atom is -0.496 e. The second-order valence-electron chi connectivity index (χ2n) is 4.42. The van der Waals surface area contributed by atoms with Crippen molar-refractivity contribution < 1.29 is 14.3 Å². The molecule has 0 spiro atoms. The lowest BCUT2D eigenvalue weighted by molar-refractivity contribution is 0.0990. The van der Waals surface area contributed by atoms with Crippen molar-refractivity contribution in [1.29, 1.82) is 0 Å². The fraction of sp³-hybridized carbons (Fsp3) is 0.500. The van der Waals surface area contributed by atoms with E-state index >= 15 is 0 Å². The number of carbonyl (C=O) groups is 1. The Morgan fingerprint density at radius 1 is 1.28 bits per heavy atom. The summed E-state index contributed by atoms with van der Waals surface area (Å²) in [4.78, 5) is 12.1. The molecule has 4 nitrogen and oxygen atoms in total. The van der Waals surface area contributed by atoms with E-state index in [2.05, 4.69) is 5.32 Å². The van der Waals surface area contributed by atoms with Gasteiger partial charge in [-0.1, -0.05) is 0 Å². The van der Waals surface area contributed by atoms with Gasteiger partial charge < -0.3 is 14.8 Å². The van der Waals surface area contributed by atoms with E-state index in [0.717, 1.165) is 36.3 Å². The predicted molar refractivity (Wildman–Crippen MR) is 69.8 cm³/mol. The quantitative estimate of drug-likeness (QED) is 0.805. The number of ether oxygens (including phenoxy) is 2. The van der Waals surface area contributed by atoms with Gasteiger partial charge in [0.2, 0.25) is 0 Å². The molecule has 18 heavy (non-hydrogen) atoms. The number of fused-ring (bicyclic) bond motifs is 1. The van der Waals surface area contributed by atoms with E-state index in [1.54, 1.807) is 21.3 Å². The average Bonchev–Trinajstić information content (AvgIpc) is 2.86. The van der Waals surface area contributed by atoms with Gasteiger partial charge in [0.15, 0.2) is 5.78 Å². The Labute approximate surface area is 107 Å². The molecule has 1 aromatic carbocycles. The van der Waals surface area contributed by atoms with Crippen LogP contribution in [0.5, 0.6) is 11.5 Å². The molecule has 0 amide bonds. The molecule has 2 rings (SSSR count). The maximum absolute atomic E-state index is 12.1. The highest BCUT2D eigenvalue weighted by molar-refractivity contribution is 6.01. The molecule has 0 unspecified atom stereocenters. The highest BCUT2D eigenvalue weighted by Crippen LogP contribution is 2.40. The van der Waals surface area contributed by atoms with Gasteiger partial charge in [0.05, 0.1) is 26.3 Å². The number of nitrogens with one attached hydrogen (secondary N) is 1. The van der Waals surface area contributed by atoms with Gasteiger partial charge in [-0.15, -0.1) is 0 Å². The van der Waals surface area contributed by atoms with Crippen LogP contribution in [0.1, 0.15) is 27.9 Å². The second kappa shape index (κ2) is 5.40. The van der Waals surface area contributed by atoms with Gasteiger partial charge in [-0.3, -0.25) is 4.79 Å². The fourth-order valence-electron chi connectivity index (χ4n) is 2.59. The van der Waals surface area contributed by atoms with Gasteiger partial charge in [0, 0.05) is 11.1 Å². The molecule has 0 saturated heterocycles. The zero-order chi connectivity index (χ0) is 13.1. The smallest absolute Gasteiger partial charge is 0.180 e. The van der Waals surface area contributed by atoms with Crippen molar-refractivity contribution in [1.82, 2.24) is 5.32 Å². The zero-order valence-corrected chi connectivity index (χ0v) is 11.1. The molecule has 0 aromatic heterocycles. The first-order chi connectivity index (χ1) is 8.72. The molecule has 1 aliphatic carbocycles. The van der Waals surface area contributed by atoms with E-state index in [0.29, 0.717) is 12.1 Å². The number of likely N-dealkylation sites (N-methyl/N-ethyl adjacent to an activating group) is 1. The van der Waals surface area contributed by atoms with Crippen molar-refractivity contribution in [2.24, 2.45) is 0 Å². The molecule has 1 aromatic rings. The maximum Gasteiger partial charge on any atom is 0.180 e. The highest BCUT2D eigenvalue weighted by Gasteiger charge is 2.25. The van der Waals surface area contributed by atoms with Crippen LogP contribution in [0.15, 0.2) is 6.07 Å². The van der Waals surface area contributed by atoms with Gasteiger partial charge in [0.1, 0.15) is 11.5 Å². The van der Waals surface area contributed by atoms with Crippen molar-refractivity contribution in [3.05, 3.63) is 22.8 Å². The van der Waals surface area contributed by atoms with Gasteiger partial charge in [0.25, 0.3) is 0 Å². The molecule has 0 radical (unpaired) electrons. The summed E-state index contributed by atoms with van der Waals surface area (Å²) in [6.07, 6.45) is 3.04. The summed E-state index contributed by atoms with van der Waals surface area (Å²) in [6, 6.07) is 1.81. The number of Topliss-reactive ketones (excluding diaryl/α,β-unsaturated/α-hetero) is 1. The van der Waals surface area contributed by atoms with E-state index in [9.17, 15) is 4.79 Å². The molecule has 1 N–H and O–H groups in total. The third-order valence-corrected chi connectivity index (χ3v) is 3.37. The molecular weight excluding hydrogens is 230 g/mol. The third-order valence-electron chi connectivity index (χ3n) is 3.37. The molecule has 98 valence electrons. The van der Waals surface area contributed by atoms with E-state index in [4.69, 9.17) is 9.47 Å². The number of ketones is 1. The lowest BCUT2D eigenvalue weighted by atomic mass is 10.00. The highest BCUT2D eigenvalue weighted by atomic mass is 16.5. The topological polar surface area (TPSA) is 47.6 Å². The summed E-state index contributed by atoms with van der Waals surface area (Å²) in [5.41, 5.74) is 2.94. The van der Waals surface area contributed by atoms with Crippen LogP contribution < -0.4 is 14.8 Å². The minimum absolute atomic E-state index is 0.0300. The standard InChI is InChI=1S/C14H19NO3/c1-15-8-12(16)11-7-13(17-2)9-5-4-6-10(9)14(11)18-3/h7,15H,4-6,8H2,1-3H3. The first-order valence-electron chi connectivity index (χ1n) is 6.17. The van der Waals surface area contributed by atoms with Gasteiger partial charge in [-0.25, -0.2) is 0 Å². The van der Waals surface area contributed by atoms with Crippen LogP contribution in [0.2, 0.25) is 0 Å². The van der Waals surface area contributed by atoms with E-state index in [1.165, 1.54) is 5.56 Å². The Hall–Kier alpha value is -1.55. The first-order valence-corrected chi connectivity index (χ1v) is 6.17. The second-order valence-corrected chi connectivity index (χ2v) is 4.42. The number of methoxy groups -OCH3 is 2. The third kappa shape index (κ3) is 2.08. The van der Waals surface area contributed by atoms with Gasteiger partial charge >= 0.3 is 0 Å². The summed E-state index contributed by atoms with van der Waals surface area (Å²) in [6.45, 7) is 0.304. The zero-order valence-electron chi connectivity index (χ0n) is 11.1. The van der Waals surface area contributed by atoms with Crippen LogP contribution in [0.3, 0.4) is 0 Å². The lowest BCUT2D eigenvalue weighted by Gasteiger charge is -2.15. The Bertz CT molecular complexity index is 469. The monoisotopic (exact) mass is 249 g/mol. The van der Waals surface area contributed by atoms with Crippen molar-refractivity contribution in [2.45, 2.75) is 19.3 Å². The Balaban J connectivity index is 2.55. The minimum atomic E-state index is 0.0300. The van der Waals surface area contributed by atoms with Crippen molar-refractivity contribution in [3.63, 3.8) is 0 Å². The average molecular weight is 249 g/mol. The Morgan fingerprint density at radius 2 is 2.00 bits per heavy atom. The van der Waals surface area contributed by atoms with Gasteiger partial charge in [-0.2, -0.15) is 0 Å². The molecular formula is C14H19NO3. The molecule has 1 aliphatic rings. The molecule has 0 fully saturated rings. The molecule has 4 heteroatoms. The fourth-order valence-corrected chi connectivity index (χ4v) is 2.59. The lowest BCUT2D eigenvalue weighted by Crippen LogP contribution is -2.19. The summed E-state index contributed by atoms with van der Waals surface area (Å²) in [5, 5.41) is 2.88. The molecule has 0 atom stereocenters. The molecule has 0 saturated carbocycles. The van der Waals surface area contributed by atoms with Crippen LogP contribution >= 0.6 is 0 Å². The van der Waals surface area contributed by atoms with Crippen LogP contribution in [0.4, 0.5) is 0 Å². The largest absolute Gasteiger partial charge is 0.496 e. The molecule has 0 aliphatic heterocycles.